The van der Waals surface area contributed by atoms with Crippen LogP contribution in [0.15, 0.2) is 66.7 Å². The van der Waals surface area contributed by atoms with E-state index in [2.05, 4.69) is 36.2 Å². The van der Waals surface area contributed by atoms with Crippen molar-refractivity contribution in [2.24, 2.45) is 0 Å². The van der Waals surface area contributed by atoms with Gasteiger partial charge in [0.15, 0.2) is 6.61 Å². The van der Waals surface area contributed by atoms with Crippen LogP contribution in [-0.4, -0.2) is 71.1 Å². The number of esters is 1. The summed E-state index contributed by atoms with van der Waals surface area (Å²) in [6.45, 7) is -1.94. The Labute approximate surface area is 308 Å². The number of anilines is 4. The second kappa shape index (κ2) is 16.7. The van der Waals surface area contributed by atoms with E-state index in [9.17, 15) is 41.1 Å². The number of alkyl halides is 3. The molecule has 1 saturated carbocycles. The minimum Gasteiger partial charge on any atom is -0.467 e. The lowest BCUT2D eigenvalue weighted by atomic mass is 10.1. The monoisotopic (exact) mass is 776 g/mol. The number of carbonyl (C=O) groups is 4. The van der Waals surface area contributed by atoms with Crippen LogP contribution in [0.2, 0.25) is 5.02 Å². The molecule has 0 spiro atoms. The standard InChI is InChI=1S/C34H30ClF5N8O6/c1-53-29(52)25(12-15-41-27(50)28(51)43-24-11-8-21(36)16-23(24)37)44-26(49)18-2-9-22(10-3-18)42-30-45-31(47-32(46-30)54-17-34(38,39)40)48-33(13-14-33)19-4-6-20(35)7-5-19/h2-11,16,25H,12-15,17H2,1H3,(H,41,50)(H,43,51)(H,44,49)(H2,42,45,46,47,48)/t25-/m0/s1. The average Bonchev–Trinajstić information content (AvgIpc) is 3.91. The molecule has 0 radical (unpaired) electrons. The number of benzene rings is 3. The van der Waals surface area contributed by atoms with Gasteiger partial charge >= 0.3 is 30.0 Å². The Hall–Kier alpha value is -6.11. The molecule has 284 valence electrons. The van der Waals surface area contributed by atoms with Gasteiger partial charge in [0.25, 0.3) is 5.91 Å². The Morgan fingerprint density at radius 1 is 0.907 bits per heavy atom. The van der Waals surface area contributed by atoms with E-state index < -0.39 is 71.4 Å². The molecule has 3 aromatic carbocycles. The molecule has 0 aliphatic heterocycles. The van der Waals surface area contributed by atoms with Crippen LogP contribution in [0.4, 0.5) is 45.2 Å². The normalized spacial score (nSPS) is 13.5. The molecule has 4 aromatic rings. The molecule has 1 fully saturated rings. The first-order valence-electron chi connectivity index (χ1n) is 15.9. The number of amides is 3. The zero-order valence-electron chi connectivity index (χ0n) is 28.0. The van der Waals surface area contributed by atoms with Gasteiger partial charge in [-0.25, -0.2) is 13.6 Å². The van der Waals surface area contributed by atoms with E-state index in [1.807, 2.05) is 17.4 Å². The van der Waals surface area contributed by atoms with E-state index in [1.165, 1.54) is 24.3 Å². The Morgan fingerprint density at radius 3 is 2.22 bits per heavy atom. The topological polar surface area (TPSA) is 186 Å². The molecule has 0 saturated heterocycles. The number of hydrogen-bond donors (Lipinski definition) is 5. The van der Waals surface area contributed by atoms with Crippen molar-refractivity contribution in [1.29, 1.82) is 0 Å². The number of aromatic nitrogens is 3. The molecule has 5 rings (SSSR count). The molecular formula is C34H30ClF5N8O6. The Morgan fingerprint density at radius 2 is 1.59 bits per heavy atom. The number of methoxy groups -OCH3 is 1. The van der Waals surface area contributed by atoms with E-state index in [-0.39, 0.29) is 30.4 Å². The van der Waals surface area contributed by atoms with Gasteiger partial charge in [0.05, 0.1) is 18.3 Å². The zero-order valence-corrected chi connectivity index (χ0v) is 28.8. The summed E-state index contributed by atoms with van der Waals surface area (Å²) in [6.07, 6.45) is -3.49. The van der Waals surface area contributed by atoms with Crippen molar-refractivity contribution >= 4 is 58.6 Å². The van der Waals surface area contributed by atoms with Gasteiger partial charge in [-0.3, -0.25) is 14.4 Å². The number of nitrogens with one attached hydrogen (secondary N) is 5. The van der Waals surface area contributed by atoms with Gasteiger partial charge in [-0.2, -0.15) is 28.1 Å². The van der Waals surface area contributed by atoms with Crippen LogP contribution >= 0.6 is 11.6 Å². The van der Waals surface area contributed by atoms with Crippen LogP contribution in [0.25, 0.3) is 0 Å². The van der Waals surface area contributed by atoms with Gasteiger partial charge in [-0.1, -0.05) is 23.7 Å². The summed E-state index contributed by atoms with van der Waals surface area (Å²) in [5.74, 6) is -6.23. The molecular weight excluding hydrogens is 747 g/mol. The van der Waals surface area contributed by atoms with Crippen LogP contribution in [0.1, 0.15) is 35.2 Å². The smallest absolute Gasteiger partial charge is 0.422 e. The predicted octanol–water partition coefficient (Wildman–Crippen LogP) is 5.01. The summed E-state index contributed by atoms with van der Waals surface area (Å²) in [5.41, 5.74) is 0.258. The first-order valence-corrected chi connectivity index (χ1v) is 16.3. The molecule has 0 bridgehead atoms. The molecule has 1 atom stereocenters. The van der Waals surface area contributed by atoms with Gasteiger partial charge in [-0.05, 0) is 73.4 Å². The number of carbonyl (C=O) groups excluding carboxylic acids is 4. The quantitative estimate of drug-likeness (QED) is 0.0659. The molecule has 0 unspecified atom stereocenters. The van der Waals surface area contributed by atoms with Crippen LogP contribution in [-0.2, 0) is 24.7 Å². The second-order valence-corrected chi connectivity index (χ2v) is 12.2. The highest BCUT2D eigenvalue weighted by molar-refractivity contribution is 6.39. The second-order valence-electron chi connectivity index (χ2n) is 11.8. The molecule has 3 amide bonds. The number of halogens is 6. The van der Waals surface area contributed by atoms with Crippen LogP contribution in [0, 0.1) is 11.6 Å². The van der Waals surface area contributed by atoms with Gasteiger partial charge in [0, 0.05) is 28.9 Å². The summed E-state index contributed by atoms with van der Waals surface area (Å²) in [4.78, 5) is 62.0. The van der Waals surface area contributed by atoms with E-state index in [0.29, 0.717) is 29.6 Å². The minimum absolute atomic E-state index is 0.0550. The highest BCUT2D eigenvalue weighted by Crippen LogP contribution is 2.48. The van der Waals surface area contributed by atoms with Gasteiger partial charge < -0.3 is 36.1 Å². The lowest BCUT2D eigenvalue weighted by molar-refractivity contribution is -0.154. The summed E-state index contributed by atoms with van der Waals surface area (Å²) in [6, 6.07) is 13.1. The first kappa shape index (κ1) is 39.1. The van der Waals surface area contributed by atoms with E-state index in [4.69, 9.17) is 21.1 Å². The highest BCUT2D eigenvalue weighted by Gasteiger charge is 2.45. The summed E-state index contributed by atoms with van der Waals surface area (Å²) < 4.78 is 75.2. The number of nitrogens with zero attached hydrogens (tertiary/aromatic N) is 3. The van der Waals surface area contributed by atoms with E-state index in [1.54, 1.807) is 12.1 Å². The van der Waals surface area contributed by atoms with Gasteiger partial charge in [-0.15, -0.1) is 0 Å². The zero-order chi connectivity index (χ0) is 39.0. The number of rotatable bonds is 14. The third kappa shape index (κ3) is 10.7. The van der Waals surface area contributed by atoms with Crippen molar-refractivity contribution in [3.8, 4) is 6.01 Å². The van der Waals surface area contributed by atoms with Gasteiger partial charge in [0.1, 0.15) is 17.7 Å². The Balaban J connectivity index is 1.21. The fraction of sp³-hybridized carbons (Fsp3) is 0.265. The lowest BCUT2D eigenvalue weighted by Crippen LogP contribution is -2.44. The number of ether oxygens (including phenoxy) is 2. The molecule has 1 aliphatic rings. The van der Waals surface area contributed by atoms with Gasteiger partial charge in [0.2, 0.25) is 11.9 Å². The van der Waals surface area contributed by atoms with E-state index in [0.717, 1.165) is 24.8 Å². The lowest BCUT2D eigenvalue weighted by Gasteiger charge is -2.19. The fourth-order valence-electron chi connectivity index (χ4n) is 4.92. The van der Waals surface area contributed by atoms with Crippen molar-refractivity contribution in [1.82, 2.24) is 25.6 Å². The maximum absolute atomic E-state index is 13.8. The Bertz CT molecular complexity index is 2020. The largest absolute Gasteiger partial charge is 0.467 e. The van der Waals surface area contributed by atoms with Crippen LogP contribution < -0.4 is 31.3 Å². The third-order valence-electron chi connectivity index (χ3n) is 7.78. The molecule has 1 aliphatic carbocycles. The van der Waals surface area contributed by atoms with Crippen molar-refractivity contribution in [3.63, 3.8) is 0 Å². The maximum Gasteiger partial charge on any atom is 0.422 e. The van der Waals surface area contributed by atoms with E-state index >= 15 is 0 Å². The molecule has 1 aromatic heterocycles. The molecule has 1 heterocycles. The SMILES string of the molecule is COC(=O)[C@H](CCNC(=O)C(=O)Nc1ccc(F)cc1F)NC(=O)c1ccc(Nc2nc(NC3(c4ccc(Cl)cc4)CC3)nc(OCC(F)(F)F)n2)cc1. The van der Waals surface area contributed by atoms with Crippen molar-refractivity contribution < 1.29 is 50.6 Å². The maximum atomic E-state index is 13.8. The average molecular weight is 777 g/mol. The van der Waals surface area contributed by atoms with Crippen molar-refractivity contribution in [3.05, 3.63) is 94.5 Å². The summed E-state index contributed by atoms with van der Waals surface area (Å²) >= 11 is 6.01. The highest BCUT2D eigenvalue weighted by atomic mass is 35.5. The fourth-order valence-corrected chi connectivity index (χ4v) is 5.05. The summed E-state index contributed by atoms with van der Waals surface area (Å²) in [7, 11) is 1.08. The molecule has 5 N–H and O–H groups in total. The summed E-state index contributed by atoms with van der Waals surface area (Å²) in [5, 5.41) is 13.2. The molecule has 14 nitrogen and oxygen atoms in total. The number of hydrogen-bond acceptors (Lipinski definition) is 11. The Kier molecular flexibility index (Phi) is 12.1. The van der Waals surface area contributed by atoms with Crippen LogP contribution in [0.3, 0.4) is 0 Å². The first-order chi connectivity index (χ1) is 25.6. The predicted molar refractivity (Wildman–Crippen MR) is 183 cm³/mol. The molecule has 54 heavy (non-hydrogen) atoms. The minimum atomic E-state index is -4.66. The third-order valence-corrected chi connectivity index (χ3v) is 8.03. The van der Waals surface area contributed by atoms with Crippen molar-refractivity contribution in [2.45, 2.75) is 37.0 Å². The molecule has 20 heteroatoms. The van der Waals surface area contributed by atoms with Crippen molar-refractivity contribution in [2.75, 3.05) is 36.2 Å². The van der Waals surface area contributed by atoms with Crippen LogP contribution in [0.5, 0.6) is 6.01 Å².